The summed E-state index contributed by atoms with van der Waals surface area (Å²) in [5, 5.41) is 12.6. The minimum atomic E-state index is -4.23. The summed E-state index contributed by atoms with van der Waals surface area (Å²) >= 11 is 0. The van der Waals surface area contributed by atoms with Gasteiger partial charge in [-0.05, 0) is 37.0 Å². The summed E-state index contributed by atoms with van der Waals surface area (Å²) in [6.07, 6.45) is -5.17. The second kappa shape index (κ2) is 10.3. The number of alkyl halides is 3. The molecule has 0 aliphatic carbocycles. The molecule has 0 radical (unpaired) electrons. The van der Waals surface area contributed by atoms with Crippen molar-refractivity contribution in [2.75, 3.05) is 67.6 Å². The number of rotatable bonds is 5. The van der Waals surface area contributed by atoms with Crippen molar-refractivity contribution in [3.8, 4) is 11.3 Å². The first-order chi connectivity index (χ1) is 17.6. The van der Waals surface area contributed by atoms with E-state index in [2.05, 4.69) is 10.2 Å². The van der Waals surface area contributed by atoms with Crippen LogP contribution < -0.4 is 15.1 Å². The summed E-state index contributed by atoms with van der Waals surface area (Å²) in [7, 11) is 0. The molecule has 1 aromatic heterocycles. The molecule has 200 valence electrons. The van der Waals surface area contributed by atoms with E-state index in [9.17, 15) is 23.1 Å². The van der Waals surface area contributed by atoms with E-state index >= 15 is 0 Å². The average molecular weight is 521 g/mol. The summed E-state index contributed by atoms with van der Waals surface area (Å²) in [5.41, 5.74) is 2.99. The molecule has 9 nitrogen and oxygen atoms in total. The van der Waals surface area contributed by atoms with Gasteiger partial charge in [-0.3, -0.25) is 0 Å². The van der Waals surface area contributed by atoms with Crippen molar-refractivity contribution < 1.29 is 27.8 Å². The van der Waals surface area contributed by atoms with Crippen LogP contribution in [0.4, 0.5) is 35.4 Å². The molecule has 3 fully saturated rings. The van der Waals surface area contributed by atoms with Crippen molar-refractivity contribution in [1.29, 1.82) is 0 Å². The second-order valence-corrected chi connectivity index (χ2v) is 9.95. The zero-order chi connectivity index (χ0) is 26.2. The third-order valence-electron chi connectivity index (χ3n) is 7.04. The molecule has 2 aromatic rings. The highest BCUT2D eigenvalue weighted by atomic mass is 19.4. The number of aliphatic hydroxyl groups is 1. The number of ether oxygens (including phenoxy) is 1. The highest BCUT2D eigenvalue weighted by Crippen LogP contribution is 2.33. The molecule has 2 N–H and O–H groups in total. The Morgan fingerprint density at radius 1 is 1.11 bits per heavy atom. The second-order valence-electron chi connectivity index (χ2n) is 9.95. The van der Waals surface area contributed by atoms with Crippen LogP contribution >= 0.6 is 0 Å². The number of amides is 2. The van der Waals surface area contributed by atoms with Crippen LogP contribution in [0.5, 0.6) is 0 Å². The highest BCUT2D eigenvalue weighted by molar-refractivity contribution is 5.90. The molecule has 3 saturated heterocycles. The molecule has 0 saturated carbocycles. The number of likely N-dealkylation sites (tertiary alicyclic amines) is 1. The molecule has 1 aromatic carbocycles. The van der Waals surface area contributed by atoms with Crippen LogP contribution in [0.2, 0.25) is 0 Å². The average Bonchev–Trinajstić information content (AvgIpc) is 3.30. The lowest BCUT2D eigenvalue weighted by Gasteiger charge is -2.37. The van der Waals surface area contributed by atoms with Crippen molar-refractivity contribution in [2.24, 2.45) is 5.92 Å². The quantitative estimate of drug-likeness (QED) is 0.625. The Balaban J connectivity index is 1.36. The first-order valence-corrected chi connectivity index (χ1v) is 12.5. The Kier molecular flexibility index (Phi) is 7.13. The molecule has 3 aliphatic rings. The number of aromatic nitrogens is 2. The lowest BCUT2D eigenvalue weighted by molar-refractivity contribution is -0.143. The number of nitrogens with one attached hydrogen (secondary N) is 1. The van der Waals surface area contributed by atoms with E-state index in [-0.39, 0.29) is 6.54 Å². The van der Waals surface area contributed by atoms with Crippen molar-refractivity contribution in [1.82, 2.24) is 14.9 Å². The summed E-state index contributed by atoms with van der Waals surface area (Å²) in [5.74, 6) is 0.731. The fraction of sp³-hybridized carbons (Fsp3) is 0.560. The van der Waals surface area contributed by atoms with Crippen molar-refractivity contribution in [3.63, 3.8) is 0 Å². The Hall–Kier alpha value is -3.12. The van der Waals surface area contributed by atoms with E-state index in [1.165, 1.54) is 4.90 Å². The molecule has 0 bridgehead atoms. The van der Waals surface area contributed by atoms with Crippen LogP contribution in [0.3, 0.4) is 0 Å². The van der Waals surface area contributed by atoms with E-state index in [0.717, 1.165) is 16.9 Å². The summed E-state index contributed by atoms with van der Waals surface area (Å²) in [4.78, 5) is 27.8. The molecule has 2 amide bonds. The number of carbonyl (C=O) groups excluding carboxylic acids is 1. The number of morpholine rings is 1. The van der Waals surface area contributed by atoms with Gasteiger partial charge in [-0.1, -0.05) is 6.07 Å². The van der Waals surface area contributed by atoms with Gasteiger partial charge in [0.2, 0.25) is 5.95 Å². The van der Waals surface area contributed by atoms with Gasteiger partial charge in [0.15, 0.2) is 0 Å². The highest BCUT2D eigenvalue weighted by Gasteiger charge is 2.36. The summed E-state index contributed by atoms with van der Waals surface area (Å²) in [6.45, 7) is 5.90. The fourth-order valence-electron chi connectivity index (χ4n) is 4.96. The normalized spacial score (nSPS) is 20.8. The van der Waals surface area contributed by atoms with Crippen LogP contribution in [0.15, 0.2) is 24.3 Å². The van der Waals surface area contributed by atoms with Crippen LogP contribution in [-0.2, 0) is 4.74 Å². The van der Waals surface area contributed by atoms with Crippen LogP contribution in [0, 0.1) is 12.8 Å². The van der Waals surface area contributed by atoms with Gasteiger partial charge in [-0.15, -0.1) is 0 Å². The molecule has 4 heterocycles. The standard InChI is InChI=1S/C25H31F3N6O3/c1-16-2-3-18(29-24(36)33-5-4-17(13-33)12-25(26,27)28)10-20(16)21-11-22(32-6-8-37-9-7-32)31-23(30-21)34-14-19(35)15-34/h2-3,10-11,17,19,35H,4-9,12-15H2,1H3,(H,29,36)/t17-/m0/s1. The van der Waals surface area contributed by atoms with Gasteiger partial charge < -0.3 is 29.9 Å². The van der Waals surface area contributed by atoms with E-state index in [4.69, 9.17) is 14.7 Å². The predicted molar refractivity (Wildman–Crippen MR) is 133 cm³/mol. The van der Waals surface area contributed by atoms with Gasteiger partial charge >= 0.3 is 12.2 Å². The molecule has 37 heavy (non-hydrogen) atoms. The minimum Gasteiger partial charge on any atom is -0.389 e. The number of urea groups is 1. The number of aliphatic hydroxyl groups excluding tert-OH is 1. The summed E-state index contributed by atoms with van der Waals surface area (Å²) in [6, 6.07) is 6.99. The number of halogens is 3. The largest absolute Gasteiger partial charge is 0.389 e. The molecule has 0 spiro atoms. The lowest BCUT2D eigenvalue weighted by atomic mass is 10.0. The maximum atomic E-state index is 12.8. The number of carbonyl (C=O) groups is 1. The minimum absolute atomic E-state index is 0.0872. The SMILES string of the molecule is Cc1ccc(NC(=O)N2CC[C@@H](CC(F)(F)F)C2)cc1-c1cc(N2CCOCC2)nc(N2CC(O)C2)n1. The molecule has 12 heteroatoms. The Bertz CT molecular complexity index is 1140. The van der Waals surface area contributed by atoms with Gasteiger partial charge in [0.05, 0.1) is 25.0 Å². The molecule has 0 unspecified atom stereocenters. The monoisotopic (exact) mass is 520 g/mol. The maximum absolute atomic E-state index is 12.8. The number of β-amino-alcohol motifs (C(OH)–C–C–N with tert-alkyl or cyclic N) is 1. The number of hydrogen-bond acceptors (Lipinski definition) is 7. The number of nitrogens with zero attached hydrogens (tertiary/aromatic N) is 5. The predicted octanol–water partition coefficient (Wildman–Crippen LogP) is 3.28. The van der Waals surface area contributed by atoms with Gasteiger partial charge in [-0.25, -0.2) is 9.78 Å². The number of benzene rings is 1. The molecule has 1 atom stereocenters. The Labute approximate surface area is 213 Å². The van der Waals surface area contributed by atoms with Gasteiger partial charge in [0.1, 0.15) is 5.82 Å². The van der Waals surface area contributed by atoms with E-state index in [1.54, 1.807) is 6.07 Å². The molecule has 5 rings (SSSR count). The topological polar surface area (TPSA) is 94.1 Å². The third kappa shape index (κ3) is 6.07. The zero-order valence-corrected chi connectivity index (χ0v) is 20.7. The first-order valence-electron chi connectivity index (χ1n) is 12.5. The fourth-order valence-corrected chi connectivity index (χ4v) is 4.96. The molecule has 3 aliphatic heterocycles. The maximum Gasteiger partial charge on any atom is 0.389 e. The van der Waals surface area contributed by atoms with Gasteiger partial charge in [0, 0.05) is 63.0 Å². The number of anilines is 3. The van der Waals surface area contributed by atoms with Gasteiger partial charge in [-0.2, -0.15) is 18.2 Å². The summed E-state index contributed by atoms with van der Waals surface area (Å²) < 4.78 is 43.7. The van der Waals surface area contributed by atoms with E-state index in [0.29, 0.717) is 69.7 Å². The number of aryl methyl sites for hydroxylation is 1. The molecular formula is C25H31F3N6O3. The van der Waals surface area contributed by atoms with Crippen molar-refractivity contribution >= 4 is 23.5 Å². The van der Waals surface area contributed by atoms with E-state index < -0.39 is 30.7 Å². The van der Waals surface area contributed by atoms with Crippen molar-refractivity contribution in [3.05, 3.63) is 29.8 Å². The zero-order valence-electron chi connectivity index (χ0n) is 20.7. The smallest absolute Gasteiger partial charge is 0.389 e. The Morgan fingerprint density at radius 3 is 2.57 bits per heavy atom. The number of hydrogen-bond donors (Lipinski definition) is 2. The lowest BCUT2D eigenvalue weighted by Crippen LogP contribution is -2.51. The van der Waals surface area contributed by atoms with E-state index in [1.807, 2.05) is 30.0 Å². The third-order valence-corrected chi connectivity index (χ3v) is 7.04. The Morgan fingerprint density at radius 2 is 1.86 bits per heavy atom. The van der Waals surface area contributed by atoms with Crippen LogP contribution in [-0.4, -0.2) is 90.8 Å². The first kappa shape index (κ1) is 25.5. The van der Waals surface area contributed by atoms with Gasteiger partial charge in [0.25, 0.3) is 0 Å². The van der Waals surface area contributed by atoms with Crippen LogP contribution in [0.25, 0.3) is 11.3 Å². The van der Waals surface area contributed by atoms with Crippen molar-refractivity contribution in [2.45, 2.75) is 32.0 Å². The van der Waals surface area contributed by atoms with Crippen LogP contribution in [0.1, 0.15) is 18.4 Å². The molecular weight excluding hydrogens is 489 g/mol.